The van der Waals surface area contributed by atoms with E-state index in [2.05, 4.69) is 51.7 Å². The summed E-state index contributed by atoms with van der Waals surface area (Å²) in [6.45, 7) is 4.84. The Bertz CT molecular complexity index is 193. The Morgan fingerprint density at radius 3 is 2.19 bits per heavy atom. The first-order chi connectivity index (χ1) is 6.84. The minimum absolute atomic E-state index is 0. The molecule has 0 aliphatic heterocycles. The molecule has 6 heteroatoms. The summed E-state index contributed by atoms with van der Waals surface area (Å²) in [5, 5.41) is 0. The molecule has 0 aliphatic carbocycles. The van der Waals surface area contributed by atoms with Gasteiger partial charge < -0.3 is 4.74 Å². The van der Waals surface area contributed by atoms with Crippen molar-refractivity contribution >= 4 is 68.3 Å². The zero-order valence-electron chi connectivity index (χ0n) is 9.72. The SMILES string of the molecule is CC(C)CCCCCOC(=O)C(S)(S)S.[Sb]. The summed E-state index contributed by atoms with van der Waals surface area (Å²) in [7, 11) is 0. The van der Waals surface area contributed by atoms with Crippen LogP contribution in [0.2, 0.25) is 0 Å². The maximum Gasteiger partial charge on any atom is 0.342 e. The average molecular weight is 390 g/mol. The molecule has 16 heavy (non-hydrogen) atoms. The van der Waals surface area contributed by atoms with Crippen LogP contribution in [0.3, 0.4) is 0 Å². The van der Waals surface area contributed by atoms with Gasteiger partial charge in [-0.15, -0.1) is 37.9 Å². The van der Waals surface area contributed by atoms with E-state index in [4.69, 9.17) is 4.74 Å². The van der Waals surface area contributed by atoms with Gasteiger partial charge in [-0.3, -0.25) is 0 Å². The molecule has 0 aromatic rings. The fraction of sp³-hybridized carbons (Fsp3) is 0.900. The topological polar surface area (TPSA) is 26.3 Å². The van der Waals surface area contributed by atoms with Gasteiger partial charge in [0.2, 0.25) is 0 Å². The fourth-order valence-corrected chi connectivity index (χ4v) is 1.29. The largest absolute Gasteiger partial charge is 0.463 e. The maximum absolute atomic E-state index is 11.2. The fourth-order valence-electron chi connectivity index (χ4n) is 1.09. The smallest absolute Gasteiger partial charge is 0.342 e. The number of unbranched alkanes of at least 4 members (excludes halogenated alkanes) is 2. The van der Waals surface area contributed by atoms with E-state index < -0.39 is 9.38 Å². The molecule has 0 aromatic heterocycles. The van der Waals surface area contributed by atoms with Crippen molar-refractivity contribution in [3.05, 3.63) is 0 Å². The molecule has 0 spiro atoms. The number of hydrogen-bond donors (Lipinski definition) is 3. The molecular weight excluding hydrogens is 370 g/mol. The van der Waals surface area contributed by atoms with Crippen LogP contribution in [0.5, 0.6) is 0 Å². The molecule has 0 saturated heterocycles. The Kier molecular flexibility index (Phi) is 12.6. The number of thiol groups is 3. The summed E-state index contributed by atoms with van der Waals surface area (Å²) in [4.78, 5) is 11.2. The summed E-state index contributed by atoms with van der Waals surface area (Å²) >= 11 is 11.6. The van der Waals surface area contributed by atoms with Crippen molar-refractivity contribution in [3.63, 3.8) is 0 Å². The van der Waals surface area contributed by atoms with E-state index >= 15 is 0 Å². The predicted octanol–water partition coefficient (Wildman–Crippen LogP) is 2.81. The van der Waals surface area contributed by atoms with E-state index in [-0.39, 0.29) is 24.4 Å². The quantitative estimate of drug-likeness (QED) is 0.205. The summed E-state index contributed by atoms with van der Waals surface area (Å²) in [5.41, 5.74) is 0. The first kappa shape index (κ1) is 19.7. The predicted molar refractivity (Wildman–Crippen MR) is 79.7 cm³/mol. The number of carbonyl (C=O) groups excluding carboxylic acids is 1. The third-order valence-corrected chi connectivity index (χ3v) is 2.48. The molecule has 0 aromatic carbocycles. The molecule has 0 N–H and O–H groups in total. The van der Waals surface area contributed by atoms with E-state index in [0.29, 0.717) is 6.61 Å². The van der Waals surface area contributed by atoms with Crippen molar-refractivity contribution in [2.45, 2.75) is 42.9 Å². The van der Waals surface area contributed by atoms with E-state index in [0.717, 1.165) is 18.8 Å². The molecule has 0 bridgehead atoms. The van der Waals surface area contributed by atoms with Gasteiger partial charge in [-0.2, -0.15) is 0 Å². The minimum atomic E-state index is -1.28. The van der Waals surface area contributed by atoms with Gasteiger partial charge in [-0.05, 0) is 12.3 Å². The van der Waals surface area contributed by atoms with E-state index in [1.54, 1.807) is 0 Å². The van der Waals surface area contributed by atoms with E-state index in [1.165, 1.54) is 12.8 Å². The number of rotatable bonds is 7. The van der Waals surface area contributed by atoms with Crippen LogP contribution in [-0.2, 0) is 9.53 Å². The second-order valence-electron chi connectivity index (χ2n) is 4.01. The van der Waals surface area contributed by atoms with E-state index in [1.807, 2.05) is 0 Å². The van der Waals surface area contributed by atoms with Gasteiger partial charge in [0.15, 0.2) is 3.41 Å². The number of carbonyl (C=O) groups is 1. The Balaban J connectivity index is 0. The molecule has 2 nitrogen and oxygen atoms in total. The van der Waals surface area contributed by atoms with Gasteiger partial charge in [-0.1, -0.05) is 33.1 Å². The zero-order chi connectivity index (χ0) is 11.9. The Labute approximate surface area is 132 Å². The van der Waals surface area contributed by atoms with Crippen molar-refractivity contribution in [2.75, 3.05) is 6.61 Å². The van der Waals surface area contributed by atoms with Crippen LogP contribution < -0.4 is 0 Å². The molecule has 0 atom stereocenters. The van der Waals surface area contributed by atoms with Crippen LogP contribution in [0.1, 0.15) is 39.5 Å². The molecule has 0 heterocycles. The summed E-state index contributed by atoms with van der Waals surface area (Å²) in [6, 6.07) is 0. The van der Waals surface area contributed by atoms with Gasteiger partial charge in [0.25, 0.3) is 0 Å². The number of ether oxygens (including phenoxy) is 1. The van der Waals surface area contributed by atoms with Crippen LogP contribution in [-0.4, -0.2) is 40.4 Å². The molecule has 0 unspecified atom stereocenters. The summed E-state index contributed by atoms with van der Waals surface area (Å²) in [5.74, 6) is 0.244. The van der Waals surface area contributed by atoms with Crippen LogP contribution in [0.25, 0.3) is 0 Å². The standard InChI is InChI=1S/C10H20O2S3.Sb/c1-8(2)6-4-3-5-7-12-9(11)10(13,14)15;/h8,13-15H,3-7H2,1-2H3;. The maximum atomic E-state index is 11.2. The van der Waals surface area contributed by atoms with Gasteiger partial charge in [0.1, 0.15) is 0 Å². The minimum Gasteiger partial charge on any atom is -0.463 e. The van der Waals surface area contributed by atoms with Crippen LogP contribution in [0, 0.1) is 5.92 Å². The molecule has 0 aliphatic rings. The summed E-state index contributed by atoms with van der Waals surface area (Å²) in [6.07, 6.45) is 4.39. The van der Waals surface area contributed by atoms with Gasteiger partial charge in [-0.25, -0.2) is 4.79 Å². The monoisotopic (exact) mass is 389 g/mol. The normalized spacial score (nSPS) is 11.1. The first-order valence-corrected chi connectivity index (χ1v) is 6.52. The molecule has 3 radical (unpaired) electrons. The van der Waals surface area contributed by atoms with Crippen molar-refractivity contribution in [1.29, 1.82) is 0 Å². The van der Waals surface area contributed by atoms with Crippen molar-refractivity contribution in [2.24, 2.45) is 5.92 Å². The molecule has 95 valence electrons. The van der Waals surface area contributed by atoms with Gasteiger partial charge >= 0.3 is 5.97 Å². The van der Waals surface area contributed by atoms with E-state index in [9.17, 15) is 4.79 Å². The Morgan fingerprint density at radius 2 is 1.75 bits per heavy atom. The van der Waals surface area contributed by atoms with Gasteiger partial charge in [0, 0.05) is 24.4 Å². The van der Waals surface area contributed by atoms with Crippen LogP contribution in [0.15, 0.2) is 0 Å². The van der Waals surface area contributed by atoms with Crippen LogP contribution in [0.4, 0.5) is 0 Å². The third-order valence-electron chi connectivity index (χ3n) is 1.93. The van der Waals surface area contributed by atoms with Crippen molar-refractivity contribution in [1.82, 2.24) is 0 Å². The Hall–Kier alpha value is 1.34. The Morgan fingerprint density at radius 1 is 1.19 bits per heavy atom. The third kappa shape index (κ3) is 11.8. The summed E-state index contributed by atoms with van der Waals surface area (Å²) < 4.78 is 3.67. The molecular formula is C10H20O2S3Sb. The first-order valence-electron chi connectivity index (χ1n) is 5.18. The van der Waals surface area contributed by atoms with Crippen molar-refractivity contribution < 1.29 is 9.53 Å². The van der Waals surface area contributed by atoms with Crippen LogP contribution >= 0.6 is 37.9 Å². The molecule has 0 rings (SSSR count). The zero-order valence-corrected chi connectivity index (χ0v) is 15.0. The second kappa shape index (κ2) is 10.3. The molecule has 0 saturated carbocycles. The molecule has 0 amide bonds. The molecule has 0 fully saturated rings. The van der Waals surface area contributed by atoms with Crippen molar-refractivity contribution in [3.8, 4) is 0 Å². The average Bonchev–Trinajstić information content (AvgIpc) is 2.08. The number of esters is 1. The second-order valence-corrected chi connectivity index (χ2v) is 7.09. The van der Waals surface area contributed by atoms with Gasteiger partial charge in [0.05, 0.1) is 6.61 Å². The number of hydrogen-bond acceptors (Lipinski definition) is 5.